The maximum Gasteiger partial charge on any atom is 0.172 e. The summed E-state index contributed by atoms with van der Waals surface area (Å²) < 4.78 is 0. The number of halogens is 1. The van der Waals surface area contributed by atoms with Crippen molar-refractivity contribution >= 4 is 28.7 Å². The Morgan fingerprint density at radius 2 is 2.07 bits per heavy atom. The molecule has 1 aromatic rings. The topological polar surface area (TPSA) is 17.1 Å². The monoisotopic (exact) mass is 244 g/mol. The number of hydrogen-bond donors (Lipinski definition) is 0. The molecule has 0 aliphatic carbocycles. The van der Waals surface area contributed by atoms with E-state index in [2.05, 4.69) is 26.8 Å². The predicted molar refractivity (Wildman–Crippen MR) is 67.3 cm³/mol. The molecule has 0 spiro atoms. The van der Waals surface area contributed by atoms with Crippen molar-refractivity contribution in [2.45, 2.75) is 39.0 Å². The van der Waals surface area contributed by atoms with Crippen molar-refractivity contribution < 1.29 is 4.79 Å². The smallest absolute Gasteiger partial charge is 0.172 e. The van der Waals surface area contributed by atoms with Gasteiger partial charge in [0.15, 0.2) is 5.78 Å². The molecule has 0 N–H and O–H groups in total. The molecule has 0 radical (unpaired) electrons. The second kappa shape index (κ2) is 5.13. The van der Waals surface area contributed by atoms with E-state index >= 15 is 0 Å². The van der Waals surface area contributed by atoms with Crippen LogP contribution in [0.1, 0.15) is 48.2 Å². The molecular formula is C12H17ClOS. The number of hydrogen-bond acceptors (Lipinski definition) is 2. The third-order valence-corrected chi connectivity index (χ3v) is 3.98. The average Bonchev–Trinajstić information content (AvgIpc) is 2.62. The quantitative estimate of drug-likeness (QED) is 0.572. The number of carbonyl (C=O) groups excluding carboxylic acids is 1. The Labute approximate surface area is 100 Å². The highest BCUT2D eigenvalue weighted by Crippen LogP contribution is 2.30. The van der Waals surface area contributed by atoms with Gasteiger partial charge in [-0.05, 0) is 24.0 Å². The molecule has 1 nitrogen and oxygen atoms in total. The normalized spacial score (nSPS) is 11.7. The third kappa shape index (κ3) is 3.62. The third-order valence-electron chi connectivity index (χ3n) is 2.16. The van der Waals surface area contributed by atoms with Crippen molar-refractivity contribution in [1.82, 2.24) is 0 Å². The number of rotatable bonds is 4. The van der Waals surface area contributed by atoms with Crippen molar-refractivity contribution in [1.29, 1.82) is 0 Å². The molecule has 84 valence electrons. The lowest BCUT2D eigenvalue weighted by molar-refractivity contribution is 0.0986. The summed E-state index contributed by atoms with van der Waals surface area (Å²) >= 11 is 7.17. The van der Waals surface area contributed by atoms with Gasteiger partial charge >= 0.3 is 0 Å². The Hall–Kier alpha value is -0.340. The van der Waals surface area contributed by atoms with Crippen LogP contribution in [-0.2, 0) is 5.41 Å². The van der Waals surface area contributed by atoms with Crippen LogP contribution in [0.3, 0.4) is 0 Å². The fourth-order valence-electron chi connectivity index (χ4n) is 1.24. The van der Waals surface area contributed by atoms with E-state index in [-0.39, 0.29) is 11.2 Å². The largest absolute Gasteiger partial charge is 0.293 e. The first-order valence-corrected chi connectivity index (χ1v) is 6.49. The lowest BCUT2D eigenvalue weighted by Crippen LogP contribution is -2.07. The Morgan fingerprint density at radius 3 is 2.53 bits per heavy atom. The summed E-state index contributed by atoms with van der Waals surface area (Å²) in [6.07, 6.45) is 1.33. The van der Waals surface area contributed by atoms with Crippen LogP contribution in [0.2, 0.25) is 0 Å². The van der Waals surface area contributed by atoms with Gasteiger partial charge < -0.3 is 0 Å². The van der Waals surface area contributed by atoms with E-state index in [1.807, 2.05) is 6.07 Å². The van der Waals surface area contributed by atoms with Crippen LogP contribution in [0.25, 0.3) is 0 Å². The molecule has 0 atom stereocenters. The van der Waals surface area contributed by atoms with Crippen LogP contribution >= 0.6 is 22.9 Å². The molecule has 0 saturated heterocycles. The van der Waals surface area contributed by atoms with Crippen LogP contribution in [0.4, 0.5) is 0 Å². The van der Waals surface area contributed by atoms with E-state index in [0.717, 1.165) is 11.3 Å². The van der Waals surface area contributed by atoms with Crippen molar-refractivity contribution in [2.75, 3.05) is 5.88 Å². The van der Waals surface area contributed by atoms with Crippen LogP contribution in [0.15, 0.2) is 12.1 Å². The molecule has 0 aromatic carbocycles. The zero-order chi connectivity index (χ0) is 11.5. The summed E-state index contributed by atoms with van der Waals surface area (Å²) in [6, 6.07) is 3.99. The minimum atomic E-state index is 0.135. The summed E-state index contributed by atoms with van der Waals surface area (Å²) in [4.78, 5) is 13.8. The first kappa shape index (κ1) is 12.7. The molecule has 0 bridgehead atoms. The van der Waals surface area contributed by atoms with E-state index in [1.165, 1.54) is 4.88 Å². The molecule has 3 heteroatoms. The number of carbonyl (C=O) groups is 1. The molecule has 1 aromatic heterocycles. The Morgan fingerprint density at radius 1 is 1.40 bits per heavy atom. The fraction of sp³-hybridized carbons (Fsp3) is 0.583. The number of ketones is 1. The highest BCUT2D eigenvalue weighted by atomic mass is 35.5. The first-order valence-electron chi connectivity index (χ1n) is 5.14. The number of alkyl halides is 1. The van der Waals surface area contributed by atoms with Crippen LogP contribution < -0.4 is 0 Å². The van der Waals surface area contributed by atoms with Crippen molar-refractivity contribution in [3.05, 3.63) is 21.9 Å². The minimum absolute atomic E-state index is 0.135. The van der Waals surface area contributed by atoms with Gasteiger partial charge in [-0.3, -0.25) is 4.79 Å². The number of thiophene rings is 1. The zero-order valence-electron chi connectivity index (χ0n) is 9.47. The van der Waals surface area contributed by atoms with Crippen molar-refractivity contribution in [3.63, 3.8) is 0 Å². The van der Waals surface area contributed by atoms with Gasteiger partial charge in [-0.25, -0.2) is 0 Å². The summed E-state index contributed by atoms with van der Waals surface area (Å²) in [5.41, 5.74) is 0.135. The van der Waals surface area contributed by atoms with Gasteiger partial charge in [0.05, 0.1) is 4.88 Å². The standard InChI is InChI=1S/C12H17ClOS/c1-12(2,3)11-7-6-10(15-11)9(14)5-4-8-13/h6-7H,4-5,8H2,1-3H3. The molecule has 0 saturated carbocycles. The summed E-state index contributed by atoms with van der Waals surface area (Å²) in [6.45, 7) is 6.48. The maximum absolute atomic E-state index is 11.7. The Bertz CT molecular complexity index is 336. The van der Waals surface area contributed by atoms with Crippen LogP contribution in [0.5, 0.6) is 0 Å². The van der Waals surface area contributed by atoms with Gasteiger partial charge in [0, 0.05) is 17.2 Å². The second-order valence-corrected chi connectivity index (χ2v) is 6.09. The van der Waals surface area contributed by atoms with Gasteiger partial charge in [0.1, 0.15) is 0 Å². The number of Topliss-reactive ketones (excluding diaryl/α,β-unsaturated/α-hetero) is 1. The molecule has 0 aliphatic rings. The SMILES string of the molecule is CC(C)(C)c1ccc(C(=O)CCCCl)s1. The summed E-state index contributed by atoms with van der Waals surface area (Å²) in [5.74, 6) is 0.777. The Balaban J connectivity index is 2.72. The van der Waals surface area contributed by atoms with Gasteiger partial charge in [0.25, 0.3) is 0 Å². The average molecular weight is 245 g/mol. The maximum atomic E-state index is 11.7. The van der Waals surface area contributed by atoms with E-state index in [0.29, 0.717) is 12.3 Å². The molecular weight excluding hydrogens is 228 g/mol. The first-order chi connectivity index (χ1) is 6.95. The van der Waals surface area contributed by atoms with E-state index in [1.54, 1.807) is 11.3 Å². The van der Waals surface area contributed by atoms with Crippen molar-refractivity contribution in [3.8, 4) is 0 Å². The zero-order valence-corrected chi connectivity index (χ0v) is 11.0. The van der Waals surface area contributed by atoms with E-state index in [4.69, 9.17) is 11.6 Å². The van der Waals surface area contributed by atoms with Gasteiger partial charge in [0.2, 0.25) is 0 Å². The molecule has 0 amide bonds. The molecule has 0 fully saturated rings. The Kier molecular flexibility index (Phi) is 4.35. The van der Waals surface area contributed by atoms with Gasteiger partial charge in [-0.1, -0.05) is 20.8 Å². The molecule has 0 unspecified atom stereocenters. The minimum Gasteiger partial charge on any atom is -0.293 e. The van der Waals surface area contributed by atoms with E-state index in [9.17, 15) is 4.79 Å². The molecule has 15 heavy (non-hydrogen) atoms. The molecule has 0 aliphatic heterocycles. The summed E-state index contributed by atoms with van der Waals surface area (Å²) in [7, 11) is 0. The summed E-state index contributed by atoms with van der Waals surface area (Å²) in [5, 5.41) is 0. The van der Waals surface area contributed by atoms with Gasteiger partial charge in [-0.15, -0.1) is 22.9 Å². The molecule has 1 heterocycles. The lowest BCUT2D eigenvalue weighted by atomic mass is 9.95. The van der Waals surface area contributed by atoms with Crippen LogP contribution in [0, 0.1) is 0 Å². The predicted octanol–water partition coefficient (Wildman–Crippen LogP) is 4.25. The second-order valence-electron chi connectivity index (χ2n) is 4.63. The fourth-order valence-corrected chi connectivity index (χ4v) is 2.41. The molecule has 1 rings (SSSR count). The van der Waals surface area contributed by atoms with Crippen molar-refractivity contribution in [2.24, 2.45) is 0 Å². The van der Waals surface area contributed by atoms with Gasteiger partial charge in [-0.2, -0.15) is 0 Å². The highest BCUT2D eigenvalue weighted by molar-refractivity contribution is 7.14. The highest BCUT2D eigenvalue weighted by Gasteiger charge is 2.18. The van der Waals surface area contributed by atoms with Crippen LogP contribution in [-0.4, -0.2) is 11.7 Å². The van der Waals surface area contributed by atoms with E-state index < -0.39 is 0 Å². The lowest BCUT2D eigenvalue weighted by Gasteiger charge is -2.15.